The minimum Gasteiger partial charge on any atom is -0.480 e. The van der Waals surface area contributed by atoms with Crippen molar-refractivity contribution >= 4 is 23.8 Å². The normalized spacial score (nSPS) is 32.2. The summed E-state index contributed by atoms with van der Waals surface area (Å²) in [6.45, 7) is 4.65. The van der Waals surface area contributed by atoms with E-state index in [9.17, 15) is 14.7 Å². The molecule has 108 valence electrons. The van der Waals surface area contributed by atoms with Crippen molar-refractivity contribution in [1.82, 2.24) is 9.80 Å². The van der Waals surface area contributed by atoms with Gasteiger partial charge >= 0.3 is 12.0 Å². The number of carboxylic acids is 1. The molecule has 0 bridgehead atoms. The minimum absolute atomic E-state index is 0.0904. The number of hydrogen-bond acceptors (Lipinski definition) is 3. The topological polar surface area (TPSA) is 60.9 Å². The zero-order valence-electron chi connectivity index (χ0n) is 11.5. The molecule has 2 fully saturated rings. The lowest BCUT2D eigenvalue weighted by Gasteiger charge is -2.44. The first kappa shape index (κ1) is 14.5. The molecule has 0 aromatic carbocycles. The van der Waals surface area contributed by atoms with Gasteiger partial charge in [0.15, 0.2) is 0 Å². The Morgan fingerprint density at radius 1 is 1.21 bits per heavy atom. The van der Waals surface area contributed by atoms with E-state index in [-0.39, 0.29) is 18.1 Å². The maximum Gasteiger partial charge on any atom is 0.327 e. The van der Waals surface area contributed by atoms with Crippen LogP contribution in [0.3, 0.4) is 0 Å². The standard InChI is InChI=1S/C13H22N2O3S/c1-9-4-3-5-10(2)15(9)13(18)14-6-7-19-8-11(14)12(16)17/h9-11H,3-8H2,1-2H3,(H,16,17)/t9-,10+,11?. The molecule has 1 unspecified atom stereocenters. The lowest BCUT2D eigenvalue weighted by molar-refractivity contribution is -0.141. The SMILES string of the molecule is C[C@@H]1CCC[C@H](C)N1C(=O)N1CCSCC1C(=O)O. The van der Waals surface area contributed by atoms with Gasteiger partial charge in [-0.25, -0.2) is 9.59 Å². The number of aliphatic carboxylic acids is 1. The number of amides is 2. The van der Waals surface area contributed by atoms with Gasteiger partial charge in [0.2, 0.25) is 0 Å². The van der Waals surface area contributed by atoms with Crippen LogP contribution in [0.2, 0.25) is 0 Å². The fourth-order valence-electron chi connectivity index (χ4n) is 2.98. The van der Waals surface area contributed by atoms with Gasteiger partial charge in [-0.2, -0.15) is 11.8 Å². The molecule has 2 heterocycles. The van der Waals surface area contributed by atoms with Crippen molar-refractivity contribution in [2.75, 3.05) is 18.1 Å². The molecule has 0 radical (unpaired) electrons. The molecule has 5 nitrogen and oxygen atoms in total. The molecule has 2 aliphatic rings. The van der Waals surface area contributed by atoms with Crippen molar-refractivity contribution < 1.29 is 14.7 Å². The molecule has 0 spiro atoms. The van der Waals surface area contributed by atoms with Crippen LogP contribution in [0.25, 0.3) is 0 Å². The summed E-state index contributed by atoms with van der Waals surface area (Å²) in [6, 6.07) is -0.347. The quantitative estimate of drug-likeness (QED) is 0.799. The number of carboxylic acid groups (broad SMARTS) is 1. The minimum atomic E-state index is -0.891. The smallest absolute Gasteiger partial charge is 0.327 e. The summed E-state index contributed by atoms with van der Waals surface area (Å²) in [5.74, 6) is 0.432. The first-order chi connectivity index (χ1) is 9.02. The third kappa shape index (κ3) is 2.99. The second-order valence-corrected chi connectivity index (χ2v) is 6.59. The molecule has 2 amide bonds. The van der Waals surface area contributed by atoms with Crippen LogP contribution in [0.5, 0.6) is 0 Å². The zero-order valence-corrected chi connectivity index (χ0v) is 12.4. The number of piperidine rings is 1. The van der Waals surface area contributed by atoms with Crippen LogP contribution in [-0.4, -0.2) is 63.1 Å². The first-order valence-corrected chi connectivity index (χ1v) is 8.07. The molecule has 2 aliphatic heterocycles. The van der Waals surface area contributed by atoms with Crippen LogP contribution in [0, 0.1) is 0 Å². The largest absolute Gasteiger partial charge is 0.480 e. The summed E-state index contributed by atoms with van der Waals surface area (Å²) < 4.78 is 0. The number of hydrogen-bond donors (Lipinski definition) is 1. The average molecular weight is 286 g/mol. The van der Waals surface area contributed by atoms with E-state index in [4.69, 9.17) is 0 Å². The second kappa shape index (κ2) is 6.03. The molecule has 6 heteroatoms. The van der Waals surface area contributed by atoms with Gasteiger partial charge < -0.3 is 14.9 Å². The van der Waals surface area contributed by atoms with E-state index >= 15 is 0 Å². The average Bonchev–Trinajstić information content (AvgIpc) is 2.38. The summed E-state index contributed by atoms with van der Waals surface area (Å²) in [6.07, 6.45) is 3.16. The number of rotatable bonds is 1. The van der Waals surface area contributed by atoms with Gasteiger partial charge in [-0.3, -0.25) is 0 Å². The summed E-state index contributed by atoms with van der Waals surface area (Å²) in [7, 11) is 0. The maximum atomic E-state index is 12.7. The van der Waals surface area contributed by atoms with Gasteiger partial charge in [0.25, 0.3) is 0 Å². The monoisotopic (exact) mass is 286 g/mol. The highest BCUT2D eigenvalue weighted by atomic mass is 32.2. The molecule has 2 saturated heterocycles. The predicted molar refractivity (Wildman–Crippen MR) is 75.5 cm³/mol. The van der Waals surface area contributed by atoms with E-state index in [1.807, 2.05) is 4.90 Å². The number of likely N-dealkylation sites (tertiary alicyclic amines) is 1. The number of urea groups is 1. The van der Waals surface area contributed by atoms with E-state index < -0.39 is 12.0 Å². The van der Waals surface area contributed by atoms with E-state index in [1.54, 1.807) is 16.7 Å². The van der Waals surface area contributed by atoms with Crippen molar-refractivity contribution in [3.8, 4) is 0 Å². The van der Waals surface area contributed by atoms with Crippen LogP contribution in [-0.2, 0) is 4.79 Å². The lowest BCUT2D eigenvalue weighted by Crippen LogP contribution is -2.59. The Kier molecular flexibility index (Phi) is 4.60. The van der Waals surface area contributed by atoms with Crippen LogP contribution in [0.1, 0.15) is 33.1 Å². The Balaban J connectivity index is 2.14. The molecule has 0 saturated carbocycles. The van der Waals surface area contributed by atoms with E-state index in [2.05, 4.69) is 13.8 Å². The van der Waals surface area contributed by atoms with E-state index in [0.717, 1.165) is 25.0 Å². The van der Waals surface area contributed by atoms with E-state index in [0.29, 0.717) is 12.3 Å². The number of carbonyl (C=O) groups is 2. The molecular formula is C13H22N2O3S. The third-order valence-corrected chi connectivity index (χ3v) is 5.10. The fourth-order valence-corrected chi connectivity index (χ4v) is 4.02. The fraction of sp³-hybridized carbons (Fsp3) is 0.846. The van der Waals surface area contributed by atoms with Gasteiger partial charge in [-0.1, -0.05) is 0 Å². The Labute approximate surface area is 118 Å². The molecular weight excluding hydrogens is 264 g/mol. The number of carbonyl (C=O) groups excluding carboxylic acids is 1. The highest BCUT2D eigenvalue weighted by molar-refractivity contribution is 7.99. The van der Waals surface area contributed by atoms with Crippen molar-refractivity contribution in [1.29, 1.82) is 0 Å². The van der Waals surface area contributed by atoms with Crippen molar-refractivity contribution in [3.63, 3.8) is 0 Å². The predicted octanol–water partition coefficient (Wildman–Crippen LogP) is 1.87. The first-order valence-electron chi connectivity index (χ1n) is 6.92. The Bertz CT molecular complexity index is 354. The molecule has 3 atom stereocenters. The van der Waals surface area contributed by atoms with Gasteiger partial charge in [0.05, 0.1) is 0 Å². The number of nitrogens with zero attached hydrogens (tertiary/aromatic N) is 2. The van der Waals surface area contributed by atoms with Gasteiger partial charge in [-0.15, -0.1) is 0 Å². The lowest BCUT2D eigenvalue weighted by atomic mass is 9.98. The summed E-state index contributed by atoms with van der Waals surface area (Å²) in [4.78, 5) is 27.4. The van der Waals surface area contributed by atoms with Crippen molar-refractivity contribution in [2.45, 2.75) is 51.2 Å². The summed E-state index contributed by atoms with van der Waals surface area (Å²) in [5, 5.41) is 9.26. The van der Waals surface area contributed by atoms with Crippen LogP contribution >= 0.6 is 11.8 Å². The van der Waals surface area contributed by atoms with E-state index in [1.165, 1.54) is 0 Å². The molecule has 19 heavy (non-hydrogen) atoms. The molecule has 0 aromatic heterocycles. The number of thioether (sulfide) groups is 1. The molecule has 0 aliphatic carbocycles. The van der Waals surface area contributed by atoms with Crippen LogP contribution in [0.15, 0.2) is 0 Å². The van der Waals surface area contributed by atoms with Crippen molar-refractivity contribution in [2.24, 2.45) is 0 Å². The van der Waals surface area contributed by atoms with Crippen LogP contribution < -0.4 is 0 Å². The molecule has 2 rings (SSSR count). The highest BCUT2D eigenvalue weighted by Crippen LogP contribution is 2.26. The van der Waals surface area contributed by atoms with Gasteiger partial charge in [0, 0.05) is 30.1 Å². The maximum absolute atomic E-state index is 12.7. The van der Waals surface area contributed by atoms with Crippen LogP contribution in [0.4, 0.5) is 4.79 Å². The molecule has 1 N–H and O–H groups in total. The summed E-state index contributed by atoms with van der Waals surface area (Å²) in [5.41, 5.74) is 0. The van der Waals surface area contributed by atoms with Gasteiger partial charge in [0.1, 0.15) is 6.04 Å². The summed E-state index contributed by atoms with van der Waals surface area (Å²) >= 11 is 1.61. The molecule has 0 aromatic rings. The third-order valence-electron chi connectivity index (χ3n) is 4.07. The Hall–Kier alpha value is -0.910. The zero-order chi connectivity index (χ0) is 14.0. The highest BCUT2D eigenvalue weighted by Gasteiger charge is 2.38. The Morgan fingerprint density at radius 3 is 2.42 bits per heavy atom. The van der Waals surface area contributed by atoms with Crippen molar-refractivity contribution in [3.05, 3.63) is 0 Å². The Morgan fingerprint density at radius 2 is 1.84 bits per heavy atom. The van der Waals surface area contributed by atoms with Gasteiger partial charge in [-0.05, 0) is 33.1 Å². The second-order valence-electron chi connectivity index (χ2n) is 5.44.